The molecule has 0 amide bonds. The van der Waals surface area contributed by atoms with Gasteiger partial charge >= 0.3 is 0 Å². The number of fused-ring (bicyclic) bond motifs is 2. The largest absolute Gasteiger partial charge is 0.492 e. The Morgan fingerprint density at radius 3 is 3.00 bits per heavy atom. The fourth-order valence-corrected chi connectivity index (χ4v) is 2.98. The molecule has 5 heteroatoms. The molecule has 4 rings (SSSR count). The molecule has 25 heavy (non-hydrogen) atoms. The number of halogens is 1. The molecule has 2 aromatic heterocycles. The van der Waals surface area contributed by atoms with Crippen LogP contribution in [0.5, 0.6) is 5.75 Å². The van der Waals surface area contributed by atoms with Crippen molar-refractivity contribution in [3.63, 3.8) is 0 Å². The molecule has 128 valence electrons. The van der Waals surface area contributed by atoms with Gasteiger partial charge in [0.05, 0.1) is 6.26 Å². The summed E-state index contributed by atoms with van der Waals surface area (Å²) in [5.41, 5.74) is 2.95. The molecule has 0 saturated carbocycles. The minimum Gasteiger partial charge on any atom is -0.492 e. The highest BCUT2D eigenvalue weighted by Gasteiger charge is 2.04. The summed E-state index contributed by atoms with van der Waals surface area (Å²) in [4.78, 5) is 3.17. The number of benzene rings is 2. The third kappa shape index (κ3) is 3.51. The molecular formula is C20H19FN2O2. The van der Waals surface area contributed by atoms with Crippen molar-refractivity contribution in [2.75, 3.05) is 19.7 Å². The Bertz CT molecular complexity index is 990. The topological polar surface area (TPSA) is 50.2 Å². The molecule has 0 aliphatic heterocycles. The lowest BCUT2D eigenvalue weighted by Gasteiger charge is -2.07. The number of hydrogen-bond donors (Lipinski definition) is 2. The number of aromatic nitrogens is 1. The van der Waals surface area contributed by atoms with Gasteiger partial charge in [-0.3, -0.25) is 0 Å². The molecule has 0 aliphatic carbocycles. The molecule has 0 radical (unpaired) electrons. The van der Waals surface area contributed by atoms with Gasteiger partial charge in [0, 0.05) is 29.0 Å². The molecule has 2 heterocycles. The summed E-state index contributed by atoms with van der Waals surface area (Å²) in [6, 6.07) is 12.5. The first kappa shape index (κ1) is 15.7. The normalized spacial score (nSPS) is 11.4. The highest BCUT2D eigenvalue weighted by atomic mass is 19.1. The van der Waals surface area contributed by atoms with Crippen molar-refractivity contribution in [1.82, 2.24) is 10.3 Å². The van der Waals surface area contributed by atoms with Crippen molar-refractivity contribution >= 4 is 21.9 Å². The summed E-state index contributed by atoms with van der Waals surface area (Å²) in [6.45, 7) is 2.15. The number of nitrogens with one attached hydrogen (secondary N) is 2. The SMILES string of the molecule is Fc1ccc2[nH]cc(CCNCCOc3ccc4occc4c3)c2c1. The summed E-state index contributed by atoms with van der Waals surface area (Å²) in [6.07, 6.45) is 4.46. The number of hydrogen-bond acceptors (Lipinski definition) is 3. The molecule has 0 fully saturated rings. The molecule has 0 bridgehead atoms. The quantitative estimate of drug-likeness (QED) is 0.495. The van der Waals surface area contributed by atoms with Crippen molar-refractivity contribution in [1.29, 1.82) is 0 Å². The number of ether oxygens (including phenoxy) is 1. The van der Waals surface area contributed by atoms with Crippen molar-refractivity contribution in [3.05, 3.63) is 66.3 Å². The van der Waals surface area contributed by atoms with Gasteiger partial charge in [-0.1, -0.05) is 0 Å². The maximum atomic E-state index is 13.4. The van der Waals surface area contributed by atoms with E-state index in [1.54, 1.807) is 18.4 Å². The third-order valence-corrected chi connectivity index (χ3v) is 4.27. The fraction of sp³-hybridized carbons (Fsp3) is 0.200. The predicted molar refractivity (Wildman–Crippen MR) is 96.5 cm³/mol. The summed E-state index contributed by atoms with van der Waals surface area (Å²) < 4.78 is 24.4. The lowest BCUT2D eigenvalue weighted by Crippen LogP contribution is -2.23. The Labute approximate surface area is 144 Å². The van der Waals surface area contributed by atoms with Gasteiger partial charge in [-0.25, -0.2) is 4.39 Å². The third-order valence-electron chi connectivity index (χ3n) is 4.27. The highest BCUT2D eigenvalue weighted by Crippen LogP contribution is 2.21. The monoisotopic (exact) mass is 338 g/mol. The molecule has 0 unspecified atom stereocenters. The van der Waals surface area contributed by atoms with Gasteiger partial charge in [0.25, 0.3) is 0 Å². The lowest BCUT2D eigenvalue weighted by molar-refractivity contribution is 0.315. The zero-order chi connectivity index (χ0) is 17.1. The maximum absolute atomic E-state index is 13.4. The second kappa shape index (κ2) is 6.99. The Morgan fingerprint density at radius 2 is 2.04 bits per heavy atom. The number of aromatic amines is 1. The molecule has 0 saturated heterocycles. The van der Waals surface area contributed by atoms with Gasteiger partial charge in [-0.15, -0.1) is 0 Å². The van der Waals surface area contributed by atoms with Gasteiger partial charge in [0.2, 0.25) is 0 Å². The van der Waals surface area contributed by atoms with E-state index in [9.17, 15) is 4.39 Å². The standard InChI is InChI=1S/C20H19FN2O2/c21-16-1-3-19-18(12-16)15(13-23-19)5-7-22-8-10-24-17-2-4-20-14(11-17)6-9-25-20/h1-4,6,9,11-13,22-23H,5,7-8,10H2. The summed E-state index contributed by atoms with van der Waals surface area (Å²) >= 11 is 0. The average molecular weight is 338 g/mol. The van der Waals surface area contributed by atoms with Gasteiger partial charge in [-0.05, 0) is 61.0 Å². The number of rotatable bonds is 7. The summed E-state index contributed by atoms with van der Waals surface area (Å²) in [7, 11) is 0. The number of furan rings is 1. The smallest absolute Gasteiger partial charge is 0.134 e. The van der Waals surface area contributed by atoms with E-state index in [-0.39, 0.29) is 5.82 Å². The molecular weight excluding hydrogens is 319 g/mol. The fourth-order valence-electron chi connectivity index (χ4n) is 2.98. The Morgan fingerprint density at radius 1 is 1.08 bits per heavy atom. The Kier molecular flexibility index (Phi) is 4.39. The van der Waals surface area contributed by atoms with Crippen LogP contribution in [0.1, 0.15) is 5.56 Å². The minimum absolute atomic E-state index is 0.204. The van der Waals surface area contributed by atoms with Crippen molar-refractivity contribution in [3.8, 4) is 5.75 Å². The van der Waals surface area contributed by atoms with Crippen LogP contribution in [-0.2, 0) is 6.42 Å². The molecule has 4 aromatic rings. The van der Waals surface area contributed by atoms with Crippen LogP contribution in [0.25, 0.3) is 21.9 Å². The Hall–Kier alpha value is -2.79. The highest BCUT2D eigenvalue weighted by molar-refractivity contribution is 5.83. The van der Waals surface area contributed by atoms with E-state index in [0.717, 1.165) is 52.7 Å². The van der Waals surface area contributed by atoms with E-state index in [1.165, 1.54) is 6.07 Å². The zero-order valence-electron chi connectivity index (χ0n) is 13.7. The van der Waals surface area contributed by atoms with Crippen LogP contribution >= 0.6 is 0 Å². The van der Waals surface area contributed by atoms with Crippen LogP contribution in [0.3, 0.4) is 0 Å². The molecule has 0 aliphatic rings. The van der Waals surface area contributed by atoms with Crippen LogP contribution in [0, 0.1) is 5.82 Å². The van der Waals surface area contributed by atoms with E-state index < -0.39 is 0 Å². The lowest BCUT2D eigenvalue weighted by atomic mass is 10.1. The molecule has 4 nitrogen and oxygen atoms in total. The van der Waals surface area contributed by atoms with Crippen molar-refractivity contribution < 1.29 is 13.5 Å². The van der Waals surface area contributed by atoms with E-state index >= 15 is 0 Å². The van der Waals surface area contributed by atoms with Crippen molar-refractivity contribution in [2.45, 2.75) is 6.42 Å². The first-order chi connectivity index (χ1) is 12.3. The van der Waals surface area contributed by atoms with E-state index in [2.05, 4.69) is 10.3 Å². The maximum Gasteiger partial charge on any atom is 0.134 e. The van der Waals surface area contributed by atoms with E-state index in [4.69, 9.17) is 9.15 Å². The first-order valence-corrected chi connectivity index (χ1v) is 8.36. The summed E-state index contributed by atoms with van der Waals surface area (Å²) in [5, 5.41) is 5.34. The molecule has 2 N–H and O–H groups in total. The molecule has 0 spiro atoms. The molecule has 0 atom stereocenters. The van der Waals surface area contributed by atoms with Crippen molar-refractivity contribution in [2.24, 2.45) is 0 Å². The second-order valence-corrected chi connectivity index (χ2v) is 5.97. The second-order valence-electron chi connectivity index (χ2n) is 5.97. The predicted octanol–water partition coefficient (Wildman–Crippen LogP) is 4.26. The van der Waals surface area contributed by atoms with Crippen LogP contribution in [-0.4, -0.2) is 24.7 Å². The van der Waals surface area contributed by atoms with Crippen LogP contribution in [0.15, 0.2) is 59.3 Å². The Balaban J connectivity index is 1.23. The van der Waals surface area contributed by atoms with Crippen LogP contribution in [0.2, 0.25) is 0 Å². The van der Waals surface area contributed by atoms with Gasteiger partial charge in [0.15, 0.2) is 0 Å². The van der Waals surface area contributed by atoms with Gasteiger partial charge in [0.1, 0.15) is 23.8 Å². The van der Waals surface area contributed by atoms with E-state index in [1.807, 2.05) is 30.5 Å². The minimum atomic E-state index is -0.204. The van der Waals surface area contributed by atoms with Gasteiger partial charge < -0.3 is 19.5 Å². The first-order valence-electron chi connectivity index (χ1n) is 8.36. The summed E-state index contributed by atoms with van der Waals surface area (Å²) in [5.74, 6) is 0.632. The van der Waals surface area contributed by atoms with Gasteiger partial charge in [-0.2, -0.15) is 0 Å². The zero-order valence-corrected chi connectivity index (χ0v) is 13.7. The average Bonchev–Trinajstić information content (AvgIpc) is 3.24. The van der Waals surface area contributed by atoms with E-state index in [0.29, 0.717) is 6.61 Å². The van der Waals surface area contributed by atoms with Crippen LogP contribution in [0.4, 0.5) is 4.39 Å². The number of H-pyrrole nitrogens is 1. The molecule has 2 aromatic carbocycles. The van der Waals surface area contributed by atoms with Crippen LogP contribution < -0.4 is 10.1 Å².